The molecule has 1 unspecified atom stereocenters. The smallest absolute Gasteiger partial charge is 0.262 e. The van der Waals surface area contributed by atoms with Crippen molar-refractivity contribution >= 4 is 11.0 Å². The van der Waals surface area contributed by atoms with Crippen molar-refractivity contribution in [3.8, 4) is 0 Å². The Morgan fingerprint density at radius 1 is 1.21 bits per heavy atom. The minimum absolute atomic E-state index is 0.0713. The average Bonchev–Trinajstić information content (AvgIpc) is 3.51. The lowest BCUT2D eigenvalue weighted by molar-refractivity contribution is 0.0673. The van der Waals surface area contributed by atoms with Crippen molar-refractivity contribution in [3.63, 3.8) is 0 Å². The van der Waals surface area contributed by atoms with Crippen molar-refractivity contribution in [1.29, 1.82) is 0 Å². The van der Waals surface area contributed by atoms with Gasteiger partial charge in [0.05, 0.1) is 19.3 Å². The molecular formula is C26H39N5O3. The van der Waals surface area contributed by atoms with E-state index in [1.54, 1.807) is 13.3 Å². The monoisotopic (exact) mass is 469 g/mol. The van der Waals surface area contributed by atoms with E-state index >= 15 is 0 Å². The number of nitrogens with one attached hydrogen (secondary N) is 2. The third kappa shape index (κ3) is 5.06. The molecule has 4 heterocycles. The number of allylic oxidation sites excluding steroid dienone is 2. The van der Waals surface area contributed by atoms with Gasteiger partial charge in [-0.05, 0) is 50.0 Å². The van der Waals surface area contributed by atoms with Crippen LogP contribution in [-0.2, 0) is 9.47 Å². The van der Waals surface area contributed by atoms with E-state index in [9.17, 15) is 4.79 Å². The number of hydrogen-bond donors (Lipinski definition) is 2. The van der Waals surface area contributed by atoms with Crippen LogP contribution in [0.5, 0.6) is 0 Å². The van der Waals surface area contributed by atoms with Crippen LogP contribution in [-0.4, -0.2) is 46.6 Å². The number of nitrogens with zero attached hydrogens (tertiary/aromatic N) is 3. The summed E-state index contributed by atoms with van der Waals surface area (Å²) in [5, 5.41) is 8.44. The van der Waals surface area contributed by atoms with Crippen LogP contribution in [0.4, 0.5) is 0 Å². The summed E-state index contributed by atoms with van der Waals surface area (Å²) >= 11 is 0. The first-order valence-electron chi connectivity index (χ1n) is 12.9. The fraction of sp³-hybridized carbons (Fsp3) is 0.654. The minimum atomic E-state index is -0.0713. The minimum Gasteiger partial charge on any atom is -0.483 e. The van der Waals surface area contributed by atoms with Crippen molar-refractivity contribution in [3.05, 3.63) is 46.0 Å². The maximum atomic E-state index is 12.9. The maximum Gasteiger partial charge on any atom is 0.262 e. The Morgan fingerprint density at radius 2 is 2.00 bits per heavy atom. The van der Waals surface area contributed by atoms with Crippen LogP contribution in [0.15, 0.2) is 34.6 Å². The molecule has 2 aliphatic heterocycles. The second-order valence-corrected chi connectivity index (χ2v) is 9.35. The molecule has 0 spiro atoms. The second kappa shape index (κ2) is 11.2. The van der Waals surface area contributed by atoms with Crippen LogP contribution in [0.25, 0.3) is 11.0 Å². The molecular weight excluding hydrogens is 430 g/mol. The Labute approximate surface area is 201 Å². The maximum absolute atomic E-state index is 12.9. The van der Waals surface area contributed by atoms with Gasteiger partial charge in [-0.1, -0.05) is 38.8 Å². The summed E-state index contributed by atoms with van der Waals surface area (Å²) in [6, 6.07) is 0.248. The molecule has 8 heteroatoms. The molecule has 0 radical (unpaired) electrons. The van der Waals surface area contributed by atoms with Gasteiger partial charge in [-0.25, -0.2) is 9.67 Å². The van der Waals surface area contributed by atoms with E-state index in [4.69, 9.17) is 14.5 Å². The summed E-state index contributed by atoms with van der Waals surface area (Å²) in [5.74, 6) is 3.06. The van der Waals surface area contributed by atoms with Gasteiger partial charge < -0.3 is 19.8 Å². The van der Waals surface area contributed by atoms with Crippen LogP contribution in [0.3, 0.4) is 0 Å². The largest absolute Gasteiger partial charge is 0.483 e. The Balaban J connectivity index is 0.00000133. The summed E-state index contributed by atoms with van der Waals surface area (Å²) in [6.07, 6.45) is 12.1. The SMILES string of the molecule is CC.CC[C@@H]1CC(CC2=CC=C(OC)NC2)C[C@H]1c1nc2c(cnn2C2CCOCC2)c(=O)[nH]1. The first kappa shape index (κ1) is 24.5. The number of hydrogen-bond acceptors (Lipinski definition) is 6. The Hall–Kier alpha value is -2.61. The van der Waals surface area contributed by atoms with Gasteiger partial charge in [-0.15, -0.1) is 0 Å². The van der Waals surface area contributed by atoms with E-state index in [2.05, 4.69) is 28.4 Å². The number of H-pyrrole nitrogens is 1. The zero-order valence-corrected chi connectivity index (χ0v) is 21.0. The van der Waals surface area contributed by atoms with Gasteiger partial charge in [0.1, 0.15) is 11.2 Å². The van der Waals surface area contributed by atoms with Gasteiger partial charge >= 0.3 is 0 Å². The van der Waals surface area contributed by atoms with Gasteiger partial charge in [0.25, 0.3) is 5.56 Å². The zero-order chi connectivity index (χ0) is 24.1. The van der Waals surface area contributed by atoms with Crippen molar-refractivity contribution in [1.82, 2.24) is 25.1 Å². The molecule has 0 bridgehead atoms. The van der Waals surface area contributed by atoms with E-state index in [1.165, 1.54) is 12.0 Å². The van der Waals surface area contributed by atoms with Gasteiger partial charge in [0, 0.05) is 25.7 Å². The predicted octanol–water partition coefficient (Wildman–Crippen LogP) is 4.42. The Bertz CT molecular complexity index is 1080. The molecule has 186 valence electrons. The standard InChI is InChI=1S/C24H33N5O3.C2H6/c1-3-17-11-16(10-15-4-5-21(31-2)25-13-15)12-19(17)22-27-23-20(24(30)28-22)14-26-29(23)18-6-8-32-9-7-18;1-2/h4-5,14,16-19,25H,3,6-13H2,1-2H3,(H,27,28,30);1-2H3/t16?,17-,19-;/m1./s1. The summed E-state index contributed by atoms with van der Waals surface area (Å²) in [5.41, 5.74) is 2.06. The van der Waals surface area contributed by atoms with Gasteiger partial charge in [0.15, 0.2) is 11.5 Å². The first-order chi connectivity index (χ1) is 16.7. The molecule has 2 aromatic rings. The summed E-state index contributed by atoms with van der Waals surface area (Å²) < 4.78 is 12.7. The van der Waals surface area contributed by atoms with Crippen molar-refractivity contribution in [2.45, 2.75) is 71.3 Å². The van der Waals surface area contributed by atoms with Crippen molar-refractivity contribution < 1.29 is 9.47 Å². The molecule has 2 N–H and O–H groups in total. The van der Waals surface area contributed by atoms with Crippen LogP contribution in [0, 0.1) is 11.8 Å². The van der Waals surface area contributed by atoms with Gasteiger partial charge in [0.2, 0.25) is 0 Å². The Morgan fingerprint density at radius 3 is 2.68 bits per heavy atom. The quantitative estimate of drug-likeness (QED) is 0.650. The fourth-order valence-corrected chi connectivity index (χ4v) is 5.68. The number of methoxy groups -OCH3 is 1. The molecule has 5 rings (SSSR count). The molecule has 2 fully saturated rings. The Kier molecular flexibility index (Phi) is 8.08. The summed E-state index contributed by atoms with van der Waals surface area (Å²) in [4.78, 5) is 21.0. The molecule has 2 aromatic heterocycles. The molecule has 1 saturated heterocycles. The fourth-order valence-electron chi connectivity index (χ4n) is 5.68. The predicted molar refractivity (Wildman–Crippen MR) is 134 cm³/mol. The number of aromatic nitrogens is 4. The highest BCUT2D eigenvalue weighted by Gasteiger charge is 2.36. The average molecular weight is 470 g/mol. The molecule has 1 saturated carbocycles. The molecule has 1 aliphatic carbocycles. The molecule has 3 aliphatic rings. The molecule has 8 nitrogen and oxygen atoms in total. The number of aromatic amines is 1. The molecule has 34 heavy (non-hydrogen) atoms. The van der Waals surface area contributed by atoms with E-state index in [0.29, 0.717) is 17.2 Å². The third-order valence-corrected chi connectivity index (χ3v) is 7.42. The summed E-state index contributed by atoms with van der Waals surface area (Å²) in [7, 11) is 1.68. The number of ether oxygens (including phenoxy) is 2. The first-order valence-corrected chi connectivity index (χ1v) is 12.9. The lowest BCUT2D eigenvalue weighted by atomic mass is 9.93. The molecule has 3 atom stereocenters. The van der Waals surface area contributed by atoms with Crippen molar-refractivity contribution in [2.24, 2.45) is 11.8 Å². The van der Waals surface area contributed by atoms with E-state index in [1.807, 2.05) is 24.6 Å². The lowest BCUT2D eigenvalue weighted by Gasteiger charge is -2.23. The van der Waals surface area contributed by atoms with Gasteiger partial charge in [-0.2, -0.15) is 5.10 Å². The van der Waals surface area contributed by atoms with E-state index in [-0.39, 0.29) is 17.5 Å². The second-order valence-electron chi connectivity index (χ2n) is 9.35. The number of fused-ring (bicyclic) bond motifs is 1. The number of rotatable bonds is 6. The normalized spacial score (nSPS) is 25.2. The zero-order valence-electron chi connectivity index (χ0n) is 21.0. The van der Waals surface area contributed by atoms with E-state index in [0.717, 1.165) is 69.2 Å². The van der Waals surface area contributed by atoms with Crippen LogP contribution < -0.4 is 10.9 Å². The van der Waals surface area contributed by atoms with E-state index < -0.39 is 0 Å². The molecule has 0 amide bonds. The number of dihydropyridines is 1. The third-order valence-electron chi connectivity index (χ3n) is 7.42. The van der Waals surface area contributed by atoms with Crippen LogP contribution in [0.2, 0.25) is 0 Å². The van der Waals surface area contributed by atoms with Crippen LogP contribution >= 0.6 is 0 Å². The topological polar surface area (TPSA) is 94.1 Å². The summed E-state index contributed by atoms with van der Waals surface area (Å²) in [6.45, 7) is 8.55. The highest BCUT2D eigenvalue weighted by Crippen LogP contribution is 2.46. The van der Waals surface area contributed by atoms with Crippen LogP contribution in [0.1, 0.15) is 77.1 Å². The highest BCUT2D eigenvalue weighted by molar-refractivity contribution is 5.73. The lowest BCUT2D eigenvalue weighted by Crippen LogP contribution is -2.22. The highest BCUT2D eigenvalue weighted by atomic mass is 16.5. The van der Waals surface area contributed by atoms with Gasteiger partial charge in [-0.3, -0.25) is 4.79 Å². The van der Waals surface area contributed by atoms with Crippen molar-refractivity contribution in [2.75, 3.05) is 26.9 Å². The molecule has 0 aromatic carbocycles.